The number of rotatable bonds is 8. The van der Waals surface area contributed by atoms with Gasteiger partial charge in [-0.25, -0.2) is 0 Å². The lowest BCUT2D eigenvalue weighted by Gasteiger charge is -2.27. The standard InChI is InChI=1S/C17H36N2/c1-5-17-9-7-12-19(13-10-17)16(4)8-6-11-18-14-15(2)3/h15-18H,5-14H2,1-4H3. The summed E-state index contributed by atoms with van der Waals surface area (Å²) in [7, 11) is 0. The van der Waals surface area contributed by atoms with Gasteiger partial charge in [0.2, 0.25) is 0 Å². The zero-order chi connectivity index (χ0) is 14.1. The fraction of sp³-hybridized carbons (Fsp3) is 1.00. The molecule has 0 aromatic heterocycles. The molecular weight excluding hydrogens is 232 g/mol. The minimum Gasteiger partial charge on any atom is -0.316 e. The summed E-state index contributed by atoms with van der Waals surface area (Å²) in [6.07, 6.45) is 8.33. The molecule has 0 aliphatic carbocycles. The highest BCUT2D eigenvalue weighted by Gasteiger charge is 2.19. The lowest BCUT2D eigenvalue weighted by atomic mass is 9.98. The molecular formula is C17H36N2. The van der Waals surface area contributed by atoms with Crippen molar-refractivity contribution in [3.05, 3.63) is 0 Å². The molecule has 2 heteroatoms. The van der Waals surface area contributed by atoms with Crippen molar-refractivity contribution in [2.75, 3.05) is 26.2 Å². The van der Waals surface area contributed by atoms with Crippen molar-refractivity contribution in [3.8, 4) is 0 Å². The lowest BCUT2D eigenvalue weighted by molar-refractivity contribution is 0.201. The van der Waals surface area contributed by atoms with Crippen LogP contribution >= 0.6 is 0 Å². The van der Waals surface area contributed by atoms with Crippen molar-refractivity contribution in [2.24, 2.45) is 11.8 Å². The Balaban J connectivity index is 2.13. The molecule has 0 aromatic carbocycles. The lowest BCUT2D eigenvalue weighted by Crippen LogP contribution is -2.34. The predicted molar refractivity (Wildman–Crippen MR) is 85.6 cm³/mol. The van der Waals surface area contributed by atoms with Crippen molar-refractivity contribution in [1.29, 1.82) is 0 Å². The predicted octanol–water partition coefficient (Wildman–Crippen LogP) is 3.91. The zero-order valence-corrected chi connectivity index (χ0v) is 13.8. The van der Waals surface area contributed by atoms with Gasteiger partial charge in [-0.15, -0.1) is 0 Å². The van der Waals surface area contributed by atoms with Crippen LogP contribution < -0.4 is 5.32 Å². The van der Waals surface area contributed by atoms with Gasteiger partial charge in [0.1, 0.15) is 0 Å². The van der Waals surface area contributed by atoms with Gasteiger partial charge in [0.25, 0.3) is 0 Å². The summed E-state index contributed by atoms with van der Waals surface area (Å²) in [6.45, 7) is 14.3. The summed E-state index contributed by atoms with van der Waals surface area (Å²) >= 11 is 0. The summed E-state index contributed by atoms with van der Waals surface area (Å²) < 4.78 is 0. The van der Waals surface area contributed by atoms with Crippen molar-refractivity contribution in [3.63, 3.8) is 0 Å². The first-order valence-corrected chi connectivity index (χ1v) is 8.58. The summed E-state index contributed by atoms with van der Waals surface area (Å²) in [5, 5.41) is 3.55. The molecule has 1 heterocycles. The maximum absolute atomic E-state index is 3.55. The number of hydrogen-bond acceptors (Lipinski definition) is 2. The van der Waals surface area contributed by atoms with E-state index in [1.54, 1.807) is 0 Å². The molecule has 0 radical (unpaired) electrons. The van der Waals surface area contributed by atoms with Crippen molar-refractivity contribution in [1.82, 2.24) is 10.2 Å². The van der Waals surface area contributed by atoms with E-state index in [4.69, 9.17) is 0 Å². The van der Waals surface area contributed by atoms with Crippen LogP contribution in [0.15, 0.2) is 0 Å². The quantitative estimate of drug-likeness (QED) is 0.671. The molecule has 0 saturated carbocycles. The van der Waals surface area contributed by atoms with Crippen molar-refractivity contribution in [2.45, 2.75) is 72.3 Å². The second-order valence-corrected chi connectivity index (χ2v) is 6.83. The first kappa shape index (κ1) is 17.0. The minimum atomic E-state index is 0.772. The van der Waals surface area contributed by atoms with E-state index in [1.807, 2.05) is 0 Å². The Morgan fingerprint density at radius 1 is 1.16 bits per heavy atom. The largest absolute Gasteiger partial charge is 0.316 e. The fourth-order valence-corrected chi connectivity index (χ4v) is 3.13. The van der Waals surface area contributed by atoms with E-state index in [-0.39, 0.29) is 0 Å². The Hall–Kier alpha value is -0.0800. The number of nitrogens with zero attached hydrogens (tertiary/aromatic N) is 1. The van der Waals surface area contributed by atoms with Crippen LogP contribution in [-0.4, -0.2) is 37.1 Å². The average Bonchev–Trinajstić information content (AvgIpc) is 2.63. The molecule has 1 saturated heterocycles. The smallest absolute Gasteiger partial charge is 0.00674 e. The molecule has 114 valence electrons. The van der Waals surface area contributed by atoms with E-state index in [1.165, 1.54) is 58.2 Å². The third-order valence-electron chi connectivity index (χ3n) is 4.61. The highest BCUT2D eigenvalue weighted by Crippen LogP contribution is 2.22. The molecule has 1 rings (SSSR count). The molecule has 0 bridgehead atoms. The minimum absolute atomic E-state index is 0.772. The molecule has 0 spiro atoms. The van der Waals surface area contributed by atoms with Crippen molar-refractivity contribution >= 4 is 0 Å². The Morgan fingerprint density at radius 2 is 1.95 bits per heavy atom. The van der Waals surface area contributed by atoms with Gasteiger partial charge in [-0.3, -0.25) is 0 Å². The van der Waals surface area contributed by atoms with E-state index in [0.29, 0.717) is 0 Å². The van der Waals surface area contributed by atoms with Crippen LogP contribution in [0.3, 0.4) is 0 Å². The maximum Gasteiger partial charge on any atom is 0.00674 e. The van der Waals surface area contributed by atoms with Gasteiger partial charge in [-0.05, 0) is 77.0 Å². The van der Waals surface area contributed by atoms with E-state index >= 15 is 0 Å². The molecule has 19 heavy (non-hydrogen) atoms. The van der Waals surface area contributed by atoms with Crippen LogP contribution in [0.2, 0.25) is 0 Å². The van der Waals surface area contributed by atoms with Gasteiger partial charge in [0, 0.05) is 6.04 Å². The average molecular weight is 268 g/mol. The molecule has 2 atom stereocenters. The normalized spacial score (nSPS) is 23.5. The van der Waals surface area contributed by atoms with Gasteiger partial charge in [-0.2, -0.15) is 0 Å². The Labute approximate surface area is 121 Å². The Bertz CT molecular complexity index is 215. The second kappa shape index (κ2) is 9.77. The summed E-state index contributed by atoms with van der Waals surface area (Å²) in [5.41, 5.74) is 0. The monoisotopic (exact) mass is 268 g/mol. The third kappa shape index (κ3) is 7.31. The van der Waals surface area contributed by atoms with E-state index in [2.05, 4.69) is 37.9 Å². The van der Waals surface area contributed by atoms with Gasteiger partial charge in [0.05, 0.1) is 0 Å². The van der Waals surface area contributed by atoms with Crippen LogP contribution in [0.25, 0.3) is 0 Å². The third-order valence-corrected chi connectivity index (χ3v) is 4.61. The van der Waals surface area contributed by atoms with Gasteiger partial charge in [-0.1, -0.05) is 27.2 Å². The molecule has 0 aromatic rings. The van der Waals surface area contributed by atoms with Crippen LogP contribution in [0.5, 0.6) is 0 Å². The topological polar surface area (TPSA) is 15.3 Å². The van der Waals surface area contributed by atoms with E-state index in [0.717, 1.165) is 24.4 Å². The molecule has 0 amide bonds. The summed E-state index contributed by atoms with van der Waals surface area (Å²) in [5.74, 6) is 1.76. The Kier molecular flexibility index (Phi) is 8.72. The molecule has 2 unspecified atom stereocenters. The van der Waals surface area contributed by atoms with E-state index in [9.17, 15) is 0 Å². The first-order chi connectivity index (χ1) is 9.13. The van der Waals surface area contributed by atoms with Gasteiger partial charge in [0.15, 0.2) is 0 Å². The highest BCUT2D eigenvalue weighted by atomic mass is 15.1. The second-order valence-electron chi connectivity index (χ2n) is 6.83. The Morgan fingerprint density at radius 3 is 2.63 bits per heavy atom. The van der Waals surface area contributed by atoms with E-state index < -0.39 is 0 Å². The molecule has 1 aliphatic heterocycles. The van der Waals surface area contributed by atoms with Crippen LogP contribution in [0.4, 0.5) is 0 Å². The maximum atomic E-state index is 3.55. The zero-order valence-electron chi connectivity index (χ0n) is 13.8. The first-order valence-electron chi connectivity index (χ1n) is 8.58. The van der Waals surface area contributed by atoms with Crippen LogP contribution in [0, 0.1) is 11.8 Å². The van der Waals surface area contributed by atoms with Gasteiger partial charge < -0.3 is 10.2 Å². The van der Waals surface area contributed by atoms with Crippen LogP contribution in [0.1, 0.15) is 66.2 Å². The number of nitrogens with one attached hydrogen (secondary N) is 1. The van der Waals surface area contributed by atoms with Gasteiger partial charge >= 0.3 is 0 Å². The number of likely N-dealkylation sites (tertiary alicyclic amines) is 1. The SMILES string of the molecule is CCC1CCCN(C(C)CCCNCC(C)C)CC1. The molecule has 1 fully saturated rings. The number of hydrogen-bond donors (Lipinski definition) is 1. The fourth-order valence-electron chi connectivity index (χ4n) is 3.13. The molecule has 2 nitrogen and oxygen atoms in total. The van der Waals surface area contributed by atoms with Crippen molar-refractivity contribution < 1.29 is 0 Å². The summed E-state index contributed by atoms with van der Waals surface area (Å²) in [4.78, 5) is 2.73. The highest BCUT2D eigenvalue weighted by molar-refractivity contribution is 4.74. The molecule has 1 aliphatic rings. The van der Waals surface area contributed by atoms with Crippen LogP contribution in [-0.2, 0) is 0 Å². The molecule has 1 N–H and O–H groups in total. The summed E-state index contributed by atoms with van der Waals surface area (Å²) in [6, 6.07) is 0.774.